The van der Waals surface area contributed by atoms with E-state index in [9.17, 15) is 42.7 Å². The van der Waals surface area contributed by atoms with Crippen LogP contribution in [0.1, 0.15) is 76.3 Å². The second kappa shape index (κ2) is 22.3. The number of anilines is 2. The molecule has 0 aliphatic carbocycles. The van der Waals surface area contributed by atoms with Crippen molar-refractivity contribution in [2.24, 2.45) is 5.41 Å². The minimum absolute atomic E-state index is 0.0494. The summed E-state index contributed by atoms with van der Waals surface area (Å²) in [5.41, 5.74) is -0.730. The number of benzene rings is 3. The number of aryl methyl sites for hydroxylation is 1. The van der Waals surface area contributed by atoms with E-state index in [0.29, 0.717) is 17.7 Å². The summed E-state index contributed by atoms with van der Waals surface area (Å²) in [5.74, 6) is -4.56. The highest BCUT2D eigenvalue weighted by Crippen LogP contribution is 2.42. The second-order valence-electron chi connectivity index (χ2n) is 19.3. The Bertz CT molecular complexity index is 2980. The molecule has 3 atom stereocenters. The lowest BCUT2D eigenvalue weighted by Gasteiger charge is -2.35. The summed E-state index contributed by atoms with van der Waals surface area (Å²) in [5, 5.41) is 25.1. The van der Waals surface area contributed by atoms with Gasteiger partial charge in [-0.2, -0.15) is 18.4 Å². The lowest BCUT2D eigenvalue weighted by molar-refractivity contribution is -0.144. The molecule has 2 aliphatic rings. The Morgan fingerprint density at radius 1 is 1.01 bits per heavy atom. The molecule has 0 saturated carbocycles. The maximum absolute atomic E-state index is 15.4. The van der Waals surface area contributed by atoms with Gasteiger partial charge < -0.3 is 35.0 Å². The number of pyridine rings is 1. The summed E-state index contributed by atoms with van der Waals surface area (Å²) in [6, 6.07) is 15.9. The minimum Gasteiger partial charge on any atom is -0.493 e. The molecule has 5 aromatic rings. The van der Waals surface area contributed by atoms with Crippen molar-refractivity contribution in [3.8, 4) is 33.5 Å². The number of amides is 4. The third-order valence-electron chi connectivity index (χ3n) is 12.6. The van der Waals surface area contributed by atoms with E-state index in [1.807, 2.05) is 31.2 Å². The van der Waals surface area contributed by atoms with E-state index in [4.69, 9.17) is 21.7 Å². The van der Waals surface area contributed by atoms with E-state index < -0.39 is 87.4 Å². The van der Waals surface area contributed by atoms with Crippen LogP contribution < -0.4 is 25.2 Å². The third-order valence-corrected chi connectivity index (χ3v) is 13.9. The molecule has 2 fully saturated rings. The number of aliphatic hydroxyl groups is 1. The van der Waals surface area contributed by atoms with Crippen LogP contribution in [0.4, 0.5) is 33.3 Å². The molecule has 4 heterocycles. The molecule has 3 N–H and O–H groups in total. The van der Waals surface area contributed by atoms with Crippen molar-refractivity contribution in [2.45, 2.75) is 97.3 Å². The number of hydrogen-bond acceptors (Lipinski definition) is 12. The number of alkyl halides is 3. The molecule has 0 radical (unpaired) electrons. The highest BCUT2D eigenvalue weighted by Gasteiger charge is 2.52. The van der Waals surface area contributed by atoms with Crippen LogP contribution in [0.2, 0.25) is 0 Å². The van der Waals surface area contributed by atoms with Crippen molar-refractivity contribution in [2.75, 3.05) is 36.2 Å². The number of thiocarbonyl (C=S) groups is 1. The number of aromatic nitrogens is 2. The van der Waals surface area contributed by atoms with Gasteiger partial charge in [-0.15, -0.1) is 11.3 Å². The SMILES string of the molecule is Cc1ncsc1-c1ccc(CNC(=O)[C@@H]2C[C@@H](O)CN2C(=O)[C@@H](NC(=O)COCCCCOc2ccc(-c3ccc(N4C(=S)N(c5ccc(C#N)c(C(F)(F)F)c5F)C(=O)C4(C)C)cn3)c(F)c2)C(C)(C)C)cc1. The summed E-state index contributed by atoms with van der Waals surface area (Å²) in [4.78, 5) is 67.1. The van der Waals surface area contributed by atoms with E-state index in [1.165, 1.54) is 60.2 Å². The molecule has 2 aliphatic heterocycles. The average molecular weight is 1060 g/mol. The zero-order chi connectivity index (χ0) is 53.9. The Labute approximate surface area is 433 Å². The molecule has 390 valence electrons. The van der Waals surface area contributed by atoms with Crippen molar-refractivity contribution in [1.29, 1.82) is 5.26 Å². The smallest absolute Gasteiger partial charge is 0.420 e. The van der Waals surface area contributed by atoms with Gasteiger partial charge >= 0.3 is 6.18 Å². The van der Waals surface area contributed by atoms with Gasteiger partial charge in [0.15, 0.2) is 10.9 Å². The van der Waals surface area contributed by atoms with Crippen LogP contribution in [0.25, 0.3) is 21.7 Å². The van der Waals surface area contributed by atoms with Crippen molar-refractivity contribution in [3.05, 3.63) is 112 Å². The monoisotopic (exact) mass is 1060 g/mol. The maximum atomic E-state index is 15.4. The summed E-state index contributed by atoms with van der Waals surface area (Å²) in [6.45, 7) is 10.3. The van der Waals surface area contributed by atoms with Crippen molar-refractivity contribution >= 4 is 63.7 Å². The fraction of sp³-hybridized carbons (Fsp3) is 0.385. The van der Waals surface area contributed by atoms with E-state index in [1.54, 1.807) is 43.7 Å². The molecule has 15 nitrogen and oxygen atoms in total. The molecule has 2 aromatic heterocycles. The number of carbonyl (C=O) groups excluding carboxylic acids is 4. The van der Waals surface area contributed by atoms with Crippen LogP contribution in [0.3, 0.4) is 0 Å². The Morgan fingerprint density at radius 2 is 1.73 bits per heavy atom. The predicted octanol–water partition coefficient (Wildman–Crippen LogP) is 8.25. The van der Waals surface area contributed by atoms with Gasteiger partial charge in [0.05, 0.1) is 63.7 Å². The molecule has 0 spiro atoms. The number of rotatable bonds is 17. The first kappa shape index (κ1) is 54.8. The number of unbranched alkanes of at least 4 members (excludes halogenated alkanes) is 1. The largest absolute Gasteiger partial charge is 0.493 e. The number of halogens is 5. The molecule has 74 heavy (non-hydrogen) atoms. The van der Waals surface area contributed by atoms with Gasteiger partial charge in [0, 0.05) is 37.7 Å². The van der Waals surface area contributed by atoms with Crippen LogP contribution in [-0.2, 0) is 36.6 Å². The second-order valence-corrected chi connectivity index (χ2v) is 20.6. The first-order valence-electron chi connectivity index (χ1n) is 23.4. The fourth-order valence-corrected chi connectivity index (χ4v) is 9.99. The van der Waals surface area contributed by atoms with Crippen LogP contribution in [0, 0.1) is 35.3 Å². The van der Waals surface area contributed by atoms with Gasteiger partial charge in [0.1, 0.15) is 41.4 Å². The van der Waals surface area contributed by atoms with Gasteiger partial charge in [-0.05, 0) is 98.8 Å². The van der Waals surface area contributed by atoms with E-state index in [0.717, 1.165) is 33.8 Å². The third kappa shape index (κ3) is 11.9. The molecule has 4 amide bonds. The number of nitrogens with zero attached hydrogens (tertiary/aromatic N) is 6. The molecule has 7 rings (SSSR count). The number of likely N-dealkylation sites (tertiary alicyclic amines) is 1. The summed E-state index contributed by atoms with van der Waals surface area (Å²) in [6.07, 6.45) is -3.86. The normalized spacial score (nSPS) is 17.1. The summed E-state index contributed by atoms with van der Waals surface area (Å²) >= 11 is 7.04. The van der Waals surface area contributed by atoms with Crippen molar-refractivity contribution in [1.82, 2.24) is 25.5 Å². The summed E-state index contributed by atoms with van der Waals surface area (Å²) < 4.78 is 83.5. The topological polar surface area (TPSA) is 190 Å². The number of nitriles is 1. The quantitative estimate of drug-likeness (QED) is 0.0460. The fourth-order valence-electron chi connectivity index (χ4n) is 8.66. The van der Waals surface area contributed by atoms with Gasteiger partial charge in [-0.3, -0.25) is 29.1 Å². The minimum atomic E-state index is -5.23. The lowest BCUT2D eigenvalue weighted by Crippen LogP contribution is -2.58. The first-order valence-corrected chi connectivity index (χ1v) is 24.7. The zero-order valence-corrected chi connectivity index (χ0v) is 42.8. The Balaban J connectivity index is 0.861. The molecule has 3 aromatic carbocycles. The molecule has 2 saturated heterocycles. The van der Waals surface area contributed by atoms with E-state index in [-0.39, 0.29) is 67.1 Å². The molecule has 22 heteroatoms. The molecule has 0 bridgehead atoms. The predicted molar refractivity (Wildman–Crippen MR) is 270 cm³/mol. The maximum Gasteiger partial charge on any atom is 0.420 e. The molecule has 0 unspecified atom stereocenters. The van der Waals surface area contributed by atoms with Crippen LogP contribution in [0.5, 0.6) is 5.75 Å². The van der Waals surface area contributed by atoms with E-state index in [2.05, 4.69) is 20.6 Å². The van der Waals surface area contributed by atoms with Gasteiger partial charge in [0.2, 0.25) is 17.7 Å². The number of thiazole rings is 1. The van der Waals surface area contributed by atoms with Crippen molar-refractivity contribution in [3.63, 3.8) is 0 Å². The van der Waals surface area contributed by atoms with Crippen LogP contribution in [-0.4, -0.2) is 98.8 Å². The van der Waals surface area contributed by atoms with Gasteiger partial charge in [-0.1, -0.05) is 45.0 Å². The number of ether oxygens (including phenoxy) is 2. The highest BCUT2D eigenvalue weighted by molar-refractivity contribution is 7.81. The molecular weight excluding hydrogens is 1010 g/mol. The van der Waals surface area contributed by atoms with Gasteiger partial charge in [0.25, 0.3) is 5.91 Å². The summed E-state index contributed by atoms with van der Waals surface area (Å²) in [7, 11) is 0. The Morgan fingerprint density at radius 3 is 2.35 bits per heavy atom. The van der Waals surface area contributed by atoms with E-state index >= 15 is 8.78 Å². The molecular formula is C52H53F5N8O7S2. The zero-order valence-electron chi connectivity index (χ0n) is 41.2. The van der Waals surface area contributed by atoms with Gasteiger partial charge in [-0.25, -0.2) is 13.8 Å². The number of nitrogens with one attached hydrogen (secondary N) is 2. The average Bonchev–Trinajstić information content (AvgIpc) is 4.01. The number of hydrogen-bond donors (Lipinski definition) is 3. The van der Waals surface area contributed by atoms with Crippen LogP contribution in [0.15, 0.2) is 78.4 Å². The number of aliphatic hydroxyl groups excluding tert-OH is 1. The number of β-amino-alcohol motifs (C(OH)–C–C–N with tert-alkyl or cyclic N) is 1. The number of carbonyl (C=O) groups is 4. The first-order chi connectivity index (χ1) is 34.9. The van der Waals surface area contributed by atoms with Crippen molar-refractivity contribution < 1.29 is 55.7 Å². The highest BCUT2D eigenvalue weighted by atomic mass is 32.1. The lowest BCUT2D eigenvalue weighted by atomic mass is 9.85. The Hall–Kier alpha value is -6.93. The Kier molecular flexibility index (Phi) is 16.5. The van der Waals surface area contributed by atoms with Crippen LogP contribution >= 0.6 is 23.6 Å². The standard InChI is InChI=1S/C52H53F5N8O7S2/c1-29-44(74-28-61-29)31-11-9-30(10-12-31)24-60-46(68)40-21-34(66)26-63(40)47(69)45(50(2,3)4)62-41(67)27-71-19-7-8-20-72-35-15-16-36(37(53)22-35)38-17-14-33(25-59-38)65-49(73)64(48(70)51(65,5)6)39-18-13-32(23-58)42(43(39)54)52(55,56)57/h9-18,22,25,28,34,40,45,66H,7-8,19-21,24,26-27H2,1-6H3,(H,60,68)(H,62,67)/t34-,40+,45-/m1/s1.